The summed E-state index contributed by atoms with van der Waals surface area (Å²) in [6.07, 6.45) is 0. The predicted molar refractivity (Wildman–Crippen MR) is 276 cm³/mol. The van der Waals surface area contributed by atoms with Gasteiger partial charge in [0.2, 0.25) is 0 Å². The second-order valence-electron chi connectivity index (χ2n) is 16.7. The van der Waals surface area contributed by atoms with Gasteiger partial charge in [0.25, 0.3) is 0 Å². The molecular formula is C63H41N3O. The minimum Gasteiger partial charge on any atom is -0.456 e. The molecule has 67 heavy (non-hydrogen) atoms. The zero-order valence-electron chi connectivity index (χ0n) is 36.4. The first-order chi connectivity index (χ1) is 33.2. The first-order valence-electron chi connectivity index (χ1n) is 22.6. The number of rotatable bonds is 9. The maximum absolute atomic E-state index is 6.26. The lowest BCUT2D eigenvalue weighted by atomic mass is 9.79. The van der Waals surface area contributed by atoms with Crippen LogP contribution in [-0.4, -0.2) is 15.0 Å². The van der Waals surface area contributed by atoms with Crippen molar-refractivity contribution in [1.82, 2.24) is 15.0 Å². The van der Waals surface area contributed by atoms with E-state index in [0.29, 0.717) is 17.5 Å². The topological polar surface area (TPSA) is 51.8 Å². The molecule has 0 saturated carbocycles. The Kier molecular flexibility index (Phi) is 10.2. The Hall–Kier alpha value is -8.99. The zero-order valence-corrected chi connectivity index (χ0v) is 36.4. The first kappa shape index (κ1) is 39.6. The van der Waals surface area contributed by atoms with Crippen LogP contribution in [0.3, 0.4) is 0 Å². The van der Waals surface area contributed by atoms with Crippen LogP contribution >= 0.6 is 0 Å². The fourth-order valence-electron chi connectivity index (χ4n) is 9.42. The van der Waals surface area contributed by atoms with Crippen LogP contribution < -0.4 is 0 Å². The van der Waals surface area contributed by atoms with Gasteiger partial charge in [-0.3, -0.25) is 0 Å². The molecule has 0 bridgehead atoms. The summed E-state index contributed by atoms with van der Waals surface area (Å²) in [5.74, 6) is 1.81. The van der Waals surface area contributed by atoms with E-state index >= 15 is 0 Å². The van der Waals surface area contributed by atoms with Crippen molar-refractivity contribution in [2.75, 3.05) is 0 Å². The average molecular weight is 856 g/mol. The van der Waals surface area contributed by atoms with E-state index in [1.54, 1.807) is 0 Å². The largest absolute Gasteiger partial charge is 0.456 e. The number of furan rings is 1. The molecule has 2 heterocycles. The zero-order chi connectivity index (χ0) is 44.5. The normalized spacial score (nSPS) is 11.3. The molecule has 10 aromatic carbocycles. The Balaban J connectivity index is 0.970. The van der Waals surface area contributed by atoms with Crippen LogP contribution in [0, 0.1) is 0 Å². The Morgan fingerprint density at radius 2 is 0.612 bits per heavy atom. The van der Waals surface area contributed by atoms with Gasteiger partial charge in [0.1, 0.15) is 11.2 Å². The summed E-state index contributed by atoms with van der Waals surface area (Å²) >= 11 is 0. The van der Waals surface area contributed by atoms with E-state index in [2.05, 4.69) is 188 Å². The highest BCUT2D eigenvalue weighted by Gasteiger charge is 2.24. The van der Waals surface area contributed by atoms with Gasteiger partial charge in [-0.25, -0.2) is 15.0 Å². The monoisotopic (exact) mass is 855 g/mol. The second kappa shape index (κ2) is 17.2. The molecular weight excluding hydrogens is 815 g/mol. The number of benzene rings is 10. The number of nitrogens with zero attached hydrogens (tertiary/aromatic N) is 3. The molecule has 4 nitrogen and oxygen atoms in total. The molecule has 314 valence electrons. The molecule has 12 aromatic rings. The van der Waals surface area contributed by atoms with Gasteiger partial charge in [-0.2, -0.15) is 0 Å². The maximum Gasteiger partial charge on any atom is 0.164 e. The highest BCUT2D eigenvalue weighted by molar-refractivity contribution is 6.12. The lowest BCUT2D eigenvalue weighted by molar-refractivity contribution is 0.669. The quantitative estimate of drug-likeness (QED) is 0.145. The smallest absolute Gasteiger partial charge is 0.164 e. The van der Waals surface area contributed by atoms with Crippen LogP contribution in [0.5, 0.6) is 0 Å². The second-order valence-corrected chi connectivity index (χ2v) is 16.7. The van der Waals surface area contributed by atoms with Gasteiger partial charge in [0, 0.05) is 27.5 Å². The van der Waals surface area contributed by atoms with Crippen LogP contribution in [0.1, 0.15) is 0 Å². The first-order valence-corrected chi connectivity index (χ1v) is 22.6. The summed E-state index contributed by atoms with van der Waals surface area (Å²) in [6.45, 7) is 0. The van der Waals surface area contributed by atoms with Gasteiger partial charge in [-0.05, 0) is 85.0 Å². The van der Waals surface area contributed by atoms with Crippen molar-refractivity contribution in [1.29, 1.82) is 0 Å². The summed E-state index contributed by atoms with van der Waals surface area (Å²) < 4.78 is 6.26. The van der Waals surface area contributed by atoms with E-state index in [-0.39, 0.29) is 0 Å². The third-order valence-corrected chi connectivity index (χ3v) is 12.6. The van der Waals surface area contributed by atoms with Gasteiger partial charge < -0.3 is 4.42 Å². The van der Waals surface area contributed by atoms with E-state index < -0.39 is 0 Å². The molecule has 4 heteroatoms. The van der Waals surface area contributed by atoms with Crippen LogP contribution in [0.25, 0.3) is 123 Å². The minimum absolute atomic E-state index is 0.596. The van der Waals surface area contributed by atoms with Crippen LogP contribution in [0.15, 0.2) is 253 Å². The van der Waals surface area contributed by atoms with Crippen molar-refractivity contribution < 1.29 is 4.42 Å². The summed E-state index contributed by atoms with van der Waals surface area (Å²) in [6, 6.07) is 87.5. The summed E-state index contributed by atoms with van der Waals surface area (Å²) in [5.41, 5.74) is 18.4. The van der Waals surface area contributed by atoms with Crippen molar-refractivity contribution in [3.05, 3.63) is 249 Å². The third kappa shape index (κ3) is 7.47. The van der Waals surface area contributed by atoms with E-state index in [1.807, 2.05) is 60.7 Å². The van der Waals surface area contributed by atoms with E-state index in [1.165, 1.54) is 50.1 Å². The number of hydrogen-bond acceptors (Lipinski definition) is 4. The standard InChI is InChI=1S/C63H41N3O/c1-6-19-44(20-7-1)53-41-54(58(47-23-10-3-11-24-47)59(48-25-12-4-13-26-48)57(53)46-21-8-2-9-22-46)45-37-33-42(34-38-45)43-35-39-50(40-36-43)62-64-61(49-27-14-5-15-28-49)65-63(66-62)52-30-18-32-56-60(52)51-29-16-17-31-55(51)67-56/h1-41H. The minimum atomic E-state index is 0.596. The molecule has 0 saturated heterocycles. The number of aromatic nitrogens is 3. The lowest BCUT2D eigenvalue weighted by Gasteiger charge is -2.24. The Labute approximate surface area is 389 Å². The van der Waals surface area contributed by atoms with Crippen molar-refractivity contribution in [2.24, 2.45) is 0 Å². The van der Waals surface area contributed by atoms with Gasteiger partial charge >= 0.3 is 0 Å². The predicted octanol–water partition coefficient (Wildman–Crippen LogP) is 16.8. The molecule has 0 aliphatic heterocycles. The van der Waals surface area contributed by atoms with Crippen LogP contribution in [0.2, 0.25) is 0 Å². The van der Waals surface area contributed by atoms with Crippen LogP contribution in [-0.2, 0) is 0 Å². The third-order valence-electron chi connectivity index (χ3n) is 12.6. The number of fused-ring (bicyclic) bond motifs is 3. The maximum atomic E-state index is 6.26. The Bertz CT molecular complexity index is 3680. The van der Waals surface area contributed by atoms with Gasteiger partial charge in [0.15, 0.2) is 17.5 Å². The molecule has 0 spiro atoms. The fourth-order valence-corrected chi connectivity index (χ4v) is 9.42. The molecule has 2 aromatic heterocycles. The molecule has 0 unspecified atom stereocenters. The van der Waals surface area contributed by atoms with Crippen LogP contribution in [0.4, 0.5) is 0 Å². The number of hydrogen-bond donors (Lipinski definition) is 0. The molecule has 0 radical (unpaired) electrons. The van der Waals surface area contributed by atoms with E-state index in [9.17, 15) is 0 Å². The lowest BCUT2D eigenvalue weighted by Crippen LogP contribution is -2.00. The molecule has 0 atom stereocenters. The van der Waals surface area contributed by atoms with Gasteiger partial charge in [-0.1, -0.05) is 231 Å². The summed E-state index contributed by atoms with van der Waals surface area (Å²) in [7, 11) is 0. The van der Waals surface area contributed by atoms with Gasteiger partial charge in [-0.15, -0.1) is 0 Å². The van der Waals surface area contributed by atoms with Crippen molar-refractivity contribution >= 4 is 21.9 Å². The fraction of sp³-hybridized carbons (Fsp3) is 0. The van der Waals surface area contributed by atoms with Crippen molar-refractivity contribution in [2.45, 2.75) is 0 Å². The molecule has 0 aliphatic rings. The Morgan fingerprint density at radius 3 is 1.15 bits per heavy atom. The summed E-state index contributed by atoms with van der Waals surface area (Å²) in [5, 5.41) is 2.02. The number of para-hydroxylation sites is 1. The van der Waals surface area contributed by atoms with Crippen molar-refractivity contribution in [3.8, 4) is 101 Å². The molecule has 0 fully saturated rings. The Morgan fingerprint density at radius 1 is 0.239 bits per heavy atom. The molecule has 0 amide bonds. The highest BCUT2D eigenvalue weighted by atomic mass is 16.3. The van der Waals surface area contributed by atoms with Crippen molar-refractivity contribution in [3.63, 3.8) is 0 Å². The highest BCUT2D eigenvalue weighted by Crippen LogP contribution is 2.50. The molecule has 0 aliphatic carbocycles. The van der Waals surface area contributed by atoms with E-state index in [4.69, 9.17) is 19.4 Å². The molecule has 12 rings (SSSR count). The van der Waals surface area contributed by atoms with E-state index in [0.717, 1.165) is 55.3 Å². The average Bonchev–Trinajstić information content (AvgIpc) is 3.81. The SMILES string of the molecule is c1ccc(-c2nc(-c3ccc(-c4ccc(-c5cc(-c6ccccc6)c(-c6ccccc6)c(-c6ccccc6)c5-c5ccccc5)cc4)cc3)nc(-c3cccc4oc5ccccc5c34)n2)cc1. The van der Waals surface area contributed by atoms with Gasteiger partial charge in [0.05, 0.1) is 0 Å². The summed E-state index contributed by atoms with van der Waals surface area (Å²) in [4.78, 5) is 15.2. The molecule has 0 N–H and O–H groups in total.